The zero-order valence-corrected chi connectivity index (χ0v) is 6.27. The number of carbonyl (C=O) groups is 1. The second kappa shape index (κ2) is 3.17. The predicted octanol–water partition coefficient (Wildman–Crippen LogP) is 0.410. The van der Waals surface area contributed by atoms with Crippen molar-refractivity contribution in [3.63, 3.8) is 0 Å². The van der Waals surface area contributed by atoms with E-state index >= 15 is 0 Å². The number of carboxylic acid groups (broad SMARTS) is 1. The van der Waals surface area contributed by atoms with E-state index in [1.54, 1.807) is 0 Å². The van der Waals surface area contributed by atoms with E-state index in [1.807, 2.05) is 0 Å². The summed E-state index contributed by atoms with van der Waals surface area (Å²) >= 11 is 0. The molecule has 11 heavy (non-hydrogen) atoms. The Morgan fingerprint density at radius 1 is 1.64 bits per heavy atom. The SMILES string of the molecule is O=C(O)C1(CCCF)CNC1. The van der Waals surface area contributed by atoms with E-state index in [9.17, 15) is 9.18 Å². The van der Waals surface area contributed by atoms with Crippen LogP contribution in [-0.4, -0.2) is 30.8 Å². The Bertz CT molecular complexity index is 157. The molecule has 1 aliphatic rings. The van der Waals surface area contributed by atoms with Crippen LogP contribution in [0.25, 0.3) is 0 Å². The molecular weight excluding hydrogens is 149 g/mol. The summed E-state index contributed by atoms with van der Waals surface area (Å²) in [6.07, 6.45) is 0.805. The molecule has 0 aliphatic carbocycles. The highest BCUT2D eigenvalue weighted by atomic mass is 19.1. The molecule has 0 atom stereocenters. The van der Waals surface area contributed by atoms with Crippen molar-refractivity contribution in [1.29, 1.82) is 0 Å². The lowest BCUT2D eigenvalue weighted by molar-refractivity contribution is -0.152. The van der Waals surface area contributed by atoms with Gasteiger partial charge in [0.25, 0.3) is 0 Å². The third kappa shape index (κ3) is 1.50. The lowest BCUT2D eigenvalue weighted by atomic mass is 9.78. The molecule has 0 bridgehead atoms. The Morgan fingerprint density at radius 3 is 2.55 bits per heavy atom. The van der Waals surface area contributed by atoms with Gasteiger partial charge in [-0.05, 0) is 12.8 Å². The summed E-state index contributed by atoms with van der Waals surface area (Å²) in [6, 6.07) is 0. The Morgan fingerprint density at radius 2 is 2.27 bits per heavy atom. The number of halogens is 1. The molecule has 0 aromatic heterocycles. The number of aliphatic carboxylic acids is 1. The quantitative estimate of drug-likeness (QED) is 0.627. The highest BCUT2D eigenvalue weighted by molar-refractivity contribution is 5.76. The van der Waals surface area contributed by atoms with Crippen molar-refractivity contribution < 1.29 is 14.3 Å². The number of hydrogen-bond donors (Lipinski definition) is 2. The fraction of sp³-hybridized carbons (Fsp3) is 0.857. The first kappa shape index (κ1) is 8.46. The second-order valence-corrected chi connectivity index (χ2v) is 2.98. The molecule has 1 rings (SSSR count). The van der Waals surface area contributed by atoms with E-state index < -0.39 is 18.1 Å². The molecule has 1 heterocycles. The topological polar surface area (TPSA) is 49.3 Å². The van der Waals surface area contributed by atoms with Crippen molar-refractivity contribution in [3.8, 4) is 0 Å². The molecule has 0 aromatic rings. The van der Waals surface area contributed by atoms with Crippen molar-refractivity contribution in [2.75, 3.05) is 19.8 Å². The Balaban J connectivity index is 2.40. The van der Waals surface area contributed by atoms with Crippen LogP contribution in [0.3, 0.4) is 0 Å². The van der Waals surface area contributed by atoms with Gasteiger partial charge in [0.15, 0.2) is 0 Å². The van der Waals surface area contributed by atoms with E-state index in [2.05, 4.69) is 5.32 Å². The summed E-state index contributed by atoms with van der Waals surface area (Å²) in [5.74, 6) is -0.801. The van der Waals surface area contributed by atoms with E-state index in [0.29, 0.717) is 25.9 Å². The van der Waals surface area contributed by atoms with Crippen LogP contribution in [0.2, 0.25) is 0 Å². The van der Waals surface area contributed by atoms with Gasteiger partial charge in [-0.25, -0.2) is 0 Å². The van der Waals surface area contributed by atoms with Crippen molar-refractivity contribution >= 4 is 5.97 Å². The lowest BCUT2D eigenvalue weighted by Crippen LogP contribution is -2.58. The van der Waals surface area contributed by atoms with E-state index in [-0.39, 0.29) is 0 Å². The lowest BCUT2D eigenvalue weighted by Gasteiger charge is -2.38. The fourth-order valence-electron chi connectivity index (χ4n) is 1.27. The normalized spacial score (nSPS) is 20.8. The zero-order chi connectivity index (χ0) is 8.32. The van der Waals surface area contributed by atoms with Crippen LogP contribution in [-0.2, 0) is 4.79 Å². The Hall–Kier alpha value is -0.640. The van der Waals surface area contributed by atoms with Gasteiger partial charge >= 0.3 is 5.97 Å². The molecule has 0 aromatic carbocycles. The predicted molar refractivity (Wildman–Crippen MR) is 38.1 cm³/mol. The highest BCUT2D eigenvalue weighted by Crippen LogP contribution is 2.28. The fourth-order valence-corrected chi connectivity index (χ4v) is 1.27. The van der Waals surface area contributed by atoms with Crippen LogP contribution in [0.5, 0.6) is 0 Å². The molecule has 2 N–H and O–H groups in total. The zero-order valence-electron chi connectivity index (χ0n) is 6.27. The minimum absolute atomic E-state index is 0.355. The molecule has 4 heteroatoms. The van der Waals surface area contributed by atoms with Gasteiger partial charge in [-0.1, -0.05) is 0 Å². The summed E-state index contributed by atoms with van der Waals surface area (Å²) in [5.41, 5.74) is -0.661. The van der Waals surface area contributed by atoms with Gasteiger partial charge in [0.2, 0.25) is 0 Å². The van der Waals surface area contributed by atoms with Gasteiger partial charge in [-0.3, -0.25) is 9.18 Å². The van der Waals surface area contributed by atoms with Gasteiger partial charge in [0, 0.05) is 13.1 Å². The molecule has 1 aliphatic heterocycles. The van der Waals surface area contributed by atoms with Crippen LogP contribution in [0.15, 0.2) is 0 Å². The van der Waals surface area contributed by atoms with Crippen LogP contribution in [0.4, 0.5) is 4.39 Å². The maximum atomic E-state index is 11.7. The molecule has 0 amide bonds. The molecule has 1 saturated heterocycles. The average Bonchev–Trinajstić information content (AvgIpc) is 1.85. The summed E-state index contributed by atoms with van der Waals surface area (Å²) in [4.78, 5) is 10.6. The second-order valence-electron chi connectivity index (χ2n) is 2.98. The van der Waals surface area contributed by atoms with Crippen LogP contribution < -0.4 is 5.32 Å². The van der Waals surface area contributed by atoms with Gasteiger partial charge in [0.05, 0.1) is 12.1 Å². The number of alkyl halides is 1. The average molecular weight is 161 g/mol. The third-order valence-corrected chi connectivity index (χ3v) is 2.17. The molecule has 1 fully saturated rings. The largest absolute Gasteiger partial charge is 0.481 e. The minimum atomic E-state index is -0.801. The van der Waals surface area contributed by atoms with Crippen molar-refractivity contribution in [3.05, 3.63) is 0 Å². The molecule has 0 saturated carbocycles. The van der Waals surface area contributed by atoms with Crippen LogP contribution in [0, 0.1) is 5.41 Å². The standard InChI is InChI=1S/C7H12FNO2/c8-3-1-2-7(6(10)11)4-9-5-7/h9H,1-5H2,(H,10,11). The first-order valence-electron chi connectivity index (χ1n) is 3.71. The van der Waals surface area contributed by atoms with E-state index in [1.165, 1.54) is 0 Å². The first-order valence-corrected chi connectivity index (χ1v) is 3.71. The molecule has 3 nitrogen and oxygen atoms in total. The maximum absolute atomic E-state index is 11.7. The number of nitrogens with one attached hydrogen (secondary N) is 1. The third-order valence-electron chi connectivity index (χ3n) is 2.17. The van der Waals surface area contributed by atoms with Crippen molar-refractivity contribution in [1.82, 2.24) is 5.32 Å². The summed E-state index contributed by atoms with van der Waals surface area (Å²) in [7, 11) is 0. The van der Waals surface area contributed by atoms with Gasteiger partial charge < -0.3 is 10.4 Å². The molecular formula is C7H12FNO2. The number of carboxylic acids is 1. The van der Waals surface area contributed by atoms with E-state index in [0.717, 1.165) is 0 Å². The van der Waals surface area contributed by atoms with Gasteiger partial charge in [0.1, 0.15) is 0 Å². The van der Waals surface area contributed by atoms with E-state index in [4.69, 9.17) is 5.11 Å². The van der Waals surface area contributed by atoms with Crippen molar-refractivity contribution in [2.24, 2.45) is 5.41 Å². The highest BCUT2D eigenvalue weighted by Gasteiger charge is 2.43. The van der Waals surface area contributed by atoms with Crippen LogP contribution >= 0.6 is 0 Å². The smallest absolute Gasteiger partial charge is 0.312 e. The Kier molecular flexibility index (Phi) is 2.44. The van der Waals surface area contributed by atoms with Gasteiger partial charge in [-0.15, -0.1) is 0 Å². The van der Waals surface area contributed by atoms with Crippen molar-refractivity contribution in [2.45, 2.75) is 12.8 Å². The Labute approximate surface area is 64.6 Å². The number of rotatable bonds is 4. The maximum Gasteiger partial charge on any atom is 0.312 e. The number of hydrogen-bond acceptors (Lipinski definition) is 2. The molecule has 0 radical (unpaired) electrons. The monoisotopic (exact) mass is 161 g/mol. The first-order chi connectivity index (χ1) is 5.21. The summed E-state index contributed by atoms with van der Waals surface area (Å²) in [6.45, 7) is 0.555. The van der Waals surface area contributed by atoms with Crippen LogP contribution in [0.1, 0.15) is 12.8 Å². The molecule has 0 unspecified atom stereocenters. The molecule has 64 valence electrons. The summed E-state index contributed by atoms with van der Waals surface area (Å²) < 4.78 is 11.7. The minimum Gasteiger partial charge on any atom is -0.481 e. The summed E-state index contributed by atoms with van der Waals surface area (Å²) in [5, 5.41) is 11.6. The van der Waals surface area contributed by atoms with Gasteiger partial charge in [-0.2, -0.15) is 0 Å². The molecule has 0 spiro atoms.